The van der Waals surface area contributed by atoms with Gasteiger partial charge in [-0.25, -0.2) is 14.7 Å². The molecule has 0 aliphatic carbocycles. The molecule has 0 unspecified atom stereocenters. The Bertz CT molecular complexity index is 1040. The first-order valence-electron chi connectivity index (χ1n) is 12.5. The summed E-state index contributed by atoms with van der Waals surface area (Å²) >= 11 is 6.27. The van der Waals surface area contributed by atoms with Crippen LogP contribution >= 0.6 is 11.6 Å². The molecule has 1 saturated heterocycles. The molecule has 0 bridgehead atoms. The van der Waals surface area contributed by atoms with E-state index in [-0.39, 0.29) is 11.9 Å². The number of nitrogens with one attached hydrogen (secondary N) is 1. The van der Waals surface area contributed by atoms with Crippen LogP contribution in [0.2, 0.25) is 5.02 Å². The molecule has 3 heterocycles. The predicted molar refractivity (Wildman–Crippen MR) is 139 cm³/mol. The average Bonchev–Trinajstić information content (AvgIpc) is 2.99. The Morgan fingerprint density at radius 1 is 1.20 bits per heavy atom. The molecule has 3 amide bonds. The molecule has 1 fully saturated rings. The van der Waals surface area contributed by atoms with Crippen molar-refractivity contribution in [1.82, 2.24) is 14.8 Å². The maximum absolute atomic E-state index is 13.8. The molecule has 2 aromatic rings. The maximum Gasteiger partial charge on any atom is 0.330 e. The number of urea groups is 1. The minimum atomic E-state index is -0.291. The van der Waals surface area contributed by atoms with Crippen LogP contribution in [0.15, 0.2) is 36.5 Å². The standard InChI is InChI=1S/C26H34ClN5O3/c1-3-30(4-2)15-17-35-16-11-19-9-13-31(14-10-19)26(34)32-23-18-20(27)7-8-21(23)25(33)29-22-6-5-12-28-24(22)32/h5-8,12,18-19H,3-4,9-11,13-17H2,1-2H3,(H,29,33). The fourth-order valence-corrected chi connectivity index (χ4v) is 4.86. The summed E-state index contributed by atoms with van der Waals surface area (Å²) in [6.45, 7) is 10.2. The van der Waals surface area contributed by atoms with E-state index in [4.69, 9.17) is 16.3 Å². The van der Waals surface area contributed by atoms with Crippen molar-refractivity contribution < 1.29 is 14.3 Å². The molecule has 1 aromatic carbocycles. The Kier molecular flexibility index (Phi) is 8.59. The highest BCUT2D eigenvalue weighted by atomic mass is 35.5. The number of piperidine rings is 1. The van der Waals surface area contributed by atoms with Gasteiger partial charge >= 0.3 is 6.03 Å². The Balaban J connectivity index is 1.40. The second kappa shape index (κ2) is 11.8. The lowest BCUT2D eigenvalue weighted by atomic mass is 9.94. The number of carbonyl (C=O) groups is 2. The number of pyridine rings is 1. The lowest BCUT2D eigenvalue weighted by Crippen LogP contribution is -2.45. The number of likely N-dealkylation sites (N-methyl/N-ethyl adjacent to an activating group) is 1. The second-order valence-electron chi connectivity index (χ2n) is 8.97. The first kappa shape index (κ1) is 25.4. The van der Waals surface area contributed by atoms with Gasteiger partial charge in [0.1, 0.15) is 0 Å². The van der Waals surface area contributed by atoms with Crippen molar-refractivity contribution in [2.24, 2.45) is 5.92 Å². The van der Waals surface area contributed by atoms with Gasteiger partial charge in [-0.15, -0.1) is 0 Å². The molecule has 0 spiro atoms. The zero-order valence-electron chi connectivity index (χ0n) is 20.5. The molecule has 1 aromatic heterocycles. The van der Waals surface area contributed by atoms with E-state index < -0.39 is 0 Å². The molecule has 35 heavy (non-hydrogen) atoms. The van der Waals surface area contributed by atoms with Crippen LogP contribution in [0.3, 0.4) is 0 Å². The summed E-state index contributed by atoms with van der Waals surface area (Å²) < 4.78 is 5.86. The van der Waals surface area contributed by atoms with Gasteiger partial charge < -0.3 is 19.9 Å². The lowest BCUT2D eigenvalue weighted by molar-refractivity contribution is 0.0876. The summed E-state index contributed by atoms with van der Waals surface area (Å²) in [5.41, 5.74) is 1.33. The molecule has 0 atom stereocenters. The Hall–Kier alpha value is -2.68. The van der Waals surface area contributed by atoms with Crippen molar-refractivity contribution in [2.75, 3.05) is 56.2 Å². The molecular weight excluding hydrogens is 466 g/mol. The number of amides is 3. The normalized spacial score (nSPS) is 16.1. The lowest BCUT2D eigenvalue weighted by Gasteiger charge is -2.35. The number of hydrogen-bond donors (Lipinski definition) is 1. The van der Waals surface area contributed by atoms with E-state index >= 15 is 0 Å². The minimum Gasteiger partial charge on any atom is -0.380 e. The number of aromatic nitrogens is 1. The number of likely N-dealkylation sites (tertiary alicyclic amines) is 1. The summed E-state index contributed by atoms with van der Waals surface area (Å²) in [5, 5.41) is 3.32. The quantitative estimate of drug-likeness (QED) is 0.516. The maximum atomic E-state index is 13.8. The van der Waals surface area contributed by atoms with Gasteiger partial charge in [0.15, 0.2) is 5.82 Å². The van der Waals surface area contributed by atoms with Gasteiger partial charge in [0, 0.05) is 37.5 Å². The van der Waals surface area contributed by atoms with Crippen molar-refractivity contribution in [2.45, 2.75) is 33.1 Å². The van der Waals surface area contributed by atoms with Crippen molar-refractivity contribution in [3.63, 3.8) is 0 Å². The first-order chi connectivity index (χ1) is 17.0. The topological polar surface area (TPSA) is 78.0 Å². The van der Waals surface area contributed by atoms with E-state index in [0.29, 0.717) is 46.8 Å². The van der Waals surface area contributed by atoms with Gasteiger partial charge in [-0.3, -0.25) is 4.79 Å². The van der Waals surface area contributed by atoms with Crippen molar-refractivity contribution in [3.05, 3.63) is 47.1 Å². The largest absolute Gasteiger partial charge is 0.380 e. The highest BCUT2D eigenvalue weighted by Crippen LogP contribution is 2.38. The number of ether oxygens (including phenoxy) is 1. The molecule has 0 radical (unpaired) electrons. The molecule has 8 nitrogen and oxygen atoms in total. The summed E-state index contributed by atoms with van der Waals surface area (Å²) in [6, 6.07) is 8.24. The third-order valence-electron chi connectivity index (χ3n) is 6.89. The Morgan fingerprint density at radius 3 is 2.71 bits per heavy atom. The molecule has 0 saturated carbocycles. The minimum absolute atomic E-state index is 0.195. The third kappa shape index (κ3) is 5.94. The van der Waals surface area contributed by atoms with Gasteiger partial charge in [0.25, 0.3) is 5.91 Å². The zero-order chi connectivity index (χ0) is 24.8. The van der Waals surface area contributed by atoms with Gasteiger partial charge in [0.2, 0.25) is 0 Å². The molecule has 2 aliphatic rings. The SMILES string of the molecule is CCN(CC)CCOCCC1CCN(C(=O)N2c3cc(Cl)ccc3C(=O)Nc3cccnc32)CC1. The number of carbonyl (C=O) groups excluding carboxylic acids is 2. The number of nitrogens with zero attached hydrogens (tertiary/aromatic N) is 4. The van der Waals surface area contributed by atoms with E-state index in [1.54, 1.807) is 36.5 Å². The second-order valence-corrected chi connectivity index (χ2v) is 9.40. The number of anilines is 3. The van der Waals surface area contributed by atoms with Crippen LogP contribution in [-0.2, 0) is 4.74 Å². The van der Waals surface area contributed by atoms with E-state index in [1.807, 2.05) is 4.90 Å². The van der Waals surface area contributed by atoms with Crippen molar-refractivity contribution >= 4 is 40.7 Å². The summed E-state index contributed by atoms with van der Waals surface area (Å²) in [7, 11) is 0. The number of halogens is 1. The van der Waals surface area contributed by atoms with E-state index in [1.165, 1.54) is 4.90 Å². The summed E-state index contributed by atoms with van der Waals surface area (Å²) in [4.78, 5) is 36.8. The van der Waals surface area contributed by atoms with E-state index in [2.05, 4.69) is 29.0 Å². The van der Waals surface area contributed by atoms with Gasteiger partial charge in [-0.05, 0) is 68.6 Å². The predicted octanol–water partition coefficient (Wildman–Crippen LogP) is 5.02. The molecular formula is C26H34ClN5O3. The van der Waals surface area contributed by atoms with Crippen LogP contribution in [0.5, 0.6) is 0 Å². The fraction of sp³-hybridized carbons (Fsp3) is 0.500. The number of fused-ring (bicyclic) bond motifs is 2. The van der Waals surface area contributed by atoms with Crippen LogP contribution in [0.25, 0.3) is 0 Å². The first-order valence-corrected chi connectivity index (χ1v) is 12.8. The van der Waals surface area contributed by atoms with E-state index in [9.17, 15) is 9.59 Å². The molecule has 4 rings (SSSR count). The smallest absolute Gasteiger partial charge is 0.330 e. The molecule has 188 valence electrons. The highest BCUT2D eigenvalue weighted by molar-refractivity contribution is 6.31. The zero-order valence-corrected chi connectivity index (χ0v) is 21.3. The van der Waals surface area contributed by atoms with Crippen LogP contribution < -0.4 is 10.2 Å². The van der Waals surface area contributed by atoms with Crippen molar-refractivity contribution in [1.29, 1.82) is 0 Å². The van der Waals surface area contributed by atoms with Gasteiger partial charge in [0.05, 0.1) is 23.5 Å². The Labute approximate surface area is 212 Å². The number of hydrogen-bond acceptors (Lipinski definition) is 5. The molecule has 9 heteroatoms. The van der Waals surface area contributed by atoms with Gasteiger partial charge in [-0.1, -0.05) is 25.4 Å². The van der Waals surface area contributed by atoms with E-state index in [0.717, 1.165) is 52.1 Å². The van der Waals surface area contributed by atoms with Crippen molar-refractivity contribution in [3.8, 4) is 0 Å². The summed E-state index contributed by atoms with van der Waals surface area (Å²) in [5.74, 6) is 0.642. The van der Waals surface area contributed by atoms with Crippen LogP contribution in [0.1, 0.15) is 43.5 Å². The van der Waals surface area contributed by atoms with Crippen LogP contribution in [0, 0.1) is 5.92 Å². The third-order valence-corrected chi connectivity index (χ3v) is 7.12. The van der Waals surface area contributed by atoms with Crippen LogP contribution in [-0.4, -0.2) is 72.7 Å². The average molecular weight is 500 g/mol. The highest BCUT2D eigenvalue weighted by Gasteiger charge is 2.34. The number of benzene rings is 1. The monoisotopic (exact) mass is 499 g/mol. The Morgan fingerprint density at radius 2 is 1.97 bits per heavy atom. The van der Waals surface area contributed by atoms with Gasteiger partial charge in [-0.2, -0.15) is 0 Å². The summed E-state index contributed by atoms with van der Waals surface area (Å²) in [6.07, 6.45) is 4.47. The number of rotatable bonds is 8. The molecule has 2 aliphatic heterocycles. The molecule has 1 N–H and O–H groups in total. The van der Waals surface area contributed by atoms with Crippen LogP contribution in [0.4, 0.5) is 22.0 Å². The fourth-order valence-electron chi connectivity index (χ4n) is 4.69.